The van der Waals surface area contributed by atoms with E-state index < -0.39 is 6.10 Å². The minimum Gasteiger partial charge on any atom is -0.467 e. The van der Waals surface area contributed by atoms with E-state index in [1.807, 2.05) is 27.9 Å². The molecule has 2 amide bonds. The highest BCUT2D eigenvalue weighted by Gasteiger charge is 2.23. The topological polar surface area (TPSA) is 96.4 Å². The Hall–Kier alpha value is -2.35. The maximum atomic E-state index is 12.2. The van der Waals surface area contributed by atoms with Gasteiger partial charge in [-0.25, -0.2) is 4.79 Å². The summed E-state index contributed by atoms with van der Waals surface area (Å²) in [6.45, 7) is 4.44. The Morgan fingerprint density at radius 2 is 2.28 bits per heavy atom. The molecule has 1 atom stereocenters. The van der Waals surface area contributed by atoms with Gasteiger partial charge in [-0.15, -0.1) is 5.10 Å². The number of hydrogen-bond donors (Lipinski definition) is 2. The van der Waals surface area contributed by atoms with Crippen molar-refractivity contribution in [3.8, 4) is 0 Å². The summed E-state index contributed by atoms with van der Waals surface area (Å²) in [6, 6.07) is 3.61. The van der Waals surface area contributed by atoms with Gasteiger partial charge in [0.15, 0.2) is 0 Å². The monoisotopic (exact) mass is 347 g/mol. The molecule has 1 fully saturated rings. The highest BCUT2D eigenvalue weighted by molar-refractivity contribution is 5.74. The zero-order chi connectivity index (χ0) is 17.6. The van der Waals surface area contributed by atoms with Crippen molar-refractivity contribution in [2.45, 2.75) is 45.4 Å². The highest BCUT2D eigenvalue weighted by Crippen LogP contribution is 2.19. The average molecular weight is 347 g/mol. The smallest absolute Gasteiger partial charge is 0.317 e. The molecule has 0 radical (unpaired) electrons. The number of nitrogens with zero attached hydrogens (tertiary/aromatic N) is 4. The molecule has 1 unspecified atom stereocenters. The van der Waals surface area contributed by atoms with E-state index in [1.54, 1.807) is 13.2 Å². The largest absolute Gasteiger partial charge is 0.467 e. The van der Waals surface area contributed by atoms with Crippen LogP contribution in [0.15, 0.2) is 29.0 Å². The molecule has 1 aliphatic rings. The second kappa shape index (κ2) is 8.15. The fraction of sp³-hybridized carbons (Fsp3) is 0.588. The Labute approximate surface area is 146 Å². The van der Waals surface area contributed by atoms with Gasteiger partial charge in [0.2, 0.25) is 0 Å². The molecule has 0 aliphatic carbocycles. The van der Waals surface area contributed by atoms with Gasteiger partial charge in [0, 0.05) is 32.3 Å². The second-order valence-corrected chi connectivity index (χ2v) is 6.65. The SMILES string of the molecule is CC(O)Cc1cn(CC2CCN(C(=O)NCc3ccco3)CC2)nn1. The summed E-state index contributed by atoms with van der Waals surface area (Å²) >= 11 is 0. The quantitative estimate of drug-likeness (QED) is 0.824. The molecule has 3 rings (SSSR count). The molecule has 1 aliphatic heterocycles. The van der Waals surface area contributed by atoms with E-state index in [0.717, 1.165) is 43.9 Å². The Balaban J connectivity index is 1.40. The van der Waals surface area contributed by atoms with Crippen molar-refractivity contribution in [3.63, 3.8) is 0 Å². The molecule has 3 heterocycles. The molecule has 0 bridgehead atoms. The van der Waals surface area contributed by atoms with Crippen molar-refractivity contribution in [2.75, 3.05) is 13.1 Å². The molecule has 2 N–H and O–H groups in total. The number of amides is 2. The number of aliphatic hydroxyl groups is 1. The van der Waals surface area contributed by atoms with Gasteiger partial charge in [-0.1, -0.05) is 5.21 Å². The van der Waals surface area contributed by atoms with Crippen LogP contribution in [0, 0.1) is 5.92 Å². The van der Waals surface area contributed by atoms with Gasteiger partial charge in [-0.05, 0) is 37.8 Å². The number of piperidine rings is 1. The van der Waals surface area contributed by atoms with E-state index in [9.17, 15) is 9.90 Å². The third-order valence-corrected chi connectivity index (χ3v) is 4.43. The van der Waals surface area contributed by atoms with Crippen LogP contribution in [-0.2, 0) is 19.5 Å². The Bertz CT molecular complexity index is 660. The predicted molar refractivity (Wildman–Crippen MR) is 90.6 cm³/mol. The number of urea groups is 1. The van der Waals surface area contributed by atoms with Gasteiger partial charge in [0.25, 0.3) is 0 Å². The van der Waals surface area contributed by atoms with E-state index in [-0.39, 0.29) is 6.03 Å². The maximum absolute atomic E-state index is 12.2. The first-order chi connectivity index (χ1) is 12.1. The lowest BCUT2D eigenvalue weighted by atomic mass is 9.97. The summed E-state index contributed by atoms with van der Waals surface area (Å²) in [5, 5.41) is 20.5. The van der Waals surface area contributed by atoms with Crippen molar-refractivity contribution in [1.82, 2.24) is 25.2 Å². The predicted octanol–water partition coefficient (Wildman–Crippen LogP) is 1.42. The number of likely N-dealkylation sites (tertiary alicyclic amines) is 1. The lowest BCUT2D eigenvalue weighted by Gasteiger charge is -2.31. The molecule has 25 heavy (non-hydrogen) atoms. The van der Waals surface area contributed by atoms with Crippen LogP contribution in [0.4, 0.5) is 4.79 Å². The number of carbonyl (C=O) groups excluding carboxylic acids is 1. The average Bonchev–Trinajstić information content (AvgIpc) is 3.25. The first-order valence-electron chi connectivity index (χ1n) is 8.72. The van der Waals surface area contributed by atoms with Crippen molar-refractivity contribution in [2.24, 2.45) is 5.92 Å². The van der Waals surface area contributed by atoms with Crippen molar-refractivity contribution >= 4 is 6.03 Å². The third kappa shape index (κ3) is 5.06. The van der Waals surface area contributed by atoms with Crippen LogP contribution in [0.1, 0.15) is 31.2 Å². The van der Waals surface area contributed by atoms with Crippen molar-refractivity contribution in [3.05, 3.63) is 36.0 Å². The van der Waals surface area contributed by atoms with Crippen LogP contribution in [-0.4, -0.2) is 50.2 Å². The summed E-state index contributed by atoms with van der Waals surface area (Å²) in [7, 11) is 0. The molecule has 2 aromatic heterocycles. The standard InChI is InChI=1S/C17H25N5O3/c1-13(23)9-15-12-22(20-19-15)11-14-4-6-21(7-5-14)17(24)18-10-16-3-2-8-25-16/h2-3,8,12-14,23H,4-7,9-11H2,1H3,(H,18,24). The normalized spacial score (nSPS) is 16.8. The Morgan fingerprint density at radius 1 is 1.48 bits per heavy atom. The first kappa shape index (κ1) is 17.5. The minimum atomic E-state index is -0.409. The molecule has 0 spiro atoms. The summed E-state index contributed by atoms with van der Waals surface area (Å²) in [6.07, 6.45) is 5.50. The van der Waals surface area contributed by atoms with Crippen LogP contribution < -0.4 is 5.32 Å². The number of carbonyl (C=O) groups is 1. The van der Waals surface area contributed by atoms with E-state index in [4.69, 9.17) is 4.42 Å². The van der Waals surface area contributed by atoms with E-state index in [1.165, 1.54) is 0 Å². The van der Waals surface area contributed by atoms with Crippen molar-refractivity contribution < 1.29 is 14.3 Å². The van der Waals surface area contributed by atoms with Crippen LogP contribution in [0.25, 0.3) is 0 Å². The van der Waals surface area contributed by atoms with Gasteiger partial charge in [-0.3, -0.25) is 4.68 Å². The summed E-state index contributed by atoms with van der Waals surface area (Å²) in [4.78, 5) is 14.0. The van der Waals surface area contributed by atoms with Crippen LogP contribution in [0.2, 0.25) is 0 Å². The molecular weight excluding hydrogens is 322 g/mol. The summed E-state index contributed by atoms with van der Waals surface area (Å²) in [5.74, 6) is 1.23. The van der Waals surface area contributed by atoms with E-state index in [0.29, 0.717) is 18.9 Å². The number of hydrogen-bond acceptors (Lipinski definition) is 5. The Morgan fingerprint density at radius 3 is 2.96 bits per heavy atom. The lowest BCUT2D eigenvalue weighted by Crippen LogP contribution is -2.44. The number of rotatable bonds is 6. The second-order valence-electron chi connectivity index (χ2n) is 6.65. The van der Waals surface area contributed by atoms with Gasteiger partial charge < -0.3 is 19.7 Å². The van der Waals surface area contributed by atoms with Gasteiger partial charge in [-0.2, -0.15) is 0 Å². The van der Waals surface area contributed by atoms with Crippen LogP contribution >= 0.6 is 0 Å². The first-order valence-corrected chi connectivity index (χ1v) is 8.72. The fourth-order valence-corrected chi connectivity index (χ4v) is 3.09. The number of aromatic nitrogens is 3. The molecule has 8 heteroatoms. The molecule has 0 saturated carbocycles. The molecule has 2 aromatic rings. The van der Waals surface area contributed by atoms with E-state index >= 15 is 0 Å². The highest BCUT2D eigenvalue weighted by atomic mass is 16.3. The zero-order valence-corrected chi connectivity index (χ0v) is 14.5. The summed E-state index contributed by atoms with van der Waals surface area (Å²) < 4.78 is 7.06. The van der Waals surface area contributed by atoms with Crippen LogP contribution in [0.5, 0.6) is 0 Å². The van der Waals surface area contributed by atoms with Gasteiger partial charge in [0.05, 0.1) is 24.6 Å². The lowest BCUT2D eigenvalue weighted by molar-refractivity contribution is 0.163. The van der Waals surface area contributed by atoms with Crippen LogP contribution in [0.3, 0.4) is 0 Å². The number of aliphatic hydroxyl groups excluding tert-OH is 1. The minimum absolute atomic E-state index is 0.0465. The van der Waals surface area contributed by atoms with Gasteiger partial charge >= 0.3 is 6.03 Å². The number of furan rings is 1. The molecule has 136 valence electrons. The Kier molecular flexibility index (Phi) is 5.70. The molecule has 8 nitrogen and oxygen atoms in total. The fourth-order valence-electron chi connectivity index (χ4n) is 3.09. The molecule has 0 aromatic carbocycles. The summed E-state index contributed by atoms with van der Waals surface area (Å²) in [5.41, 5.74) is 0.810. The van der Waals surface area contributed by atoms with E-state index in [2.05, 4.69) is 15.6 Å². The third-order valence-electron chi connectivity index (χ3n) is 4.43. The number of nitrogens with one attached hydrogen (secondary N) is 1. The zero-order valence-electron chi connectivity index (χ0n) is 14.5. The maximum Gasteiger partial charge on any atom is 0.317 e. The van der Waals surface area contributed by atoms with Crippen molar-refractivity contribution in [1.29, 1.82) is 0 Å². The van der Waals surface area contributed by atoms with Gasteiger partial charge in [0.1, 0.15) is 5.76 Å². The molecule has 1 saturated heterocycles. The molecular formula is C17H25N5O3.